The molecule has 0 saturated heterocycles. The van der Waals surface area contributed by atoms with E-state index in [0.717, 1.165) is 12.1 Å². The van der Waals surface area contributed by atoms with E-state index in [1.807, 2.05) is 13.1 Å². The van der Waals surface area contributed by atoms with E-state index >= 15 is 0 Å². The zero-order valence-corrected chi connectivity index (χ0v) is 11.1. The highest BCUT2D eigenvalue weighted by molar-refractivity contribution is 7.25. The van der Waals surface area contributed by atoms with Crippen LogP contribution in [0.15, 0.2) is 0 Å². The van der Waals surface area contributed by atoms with E-state index in [4.69, 9.17) is 26.3 Å². The van der Waals surface area contributed by atoms with Gasteiger partial charge in [-0.25, -0.2) is 0 Å². The average molecular weight is 231 g/mol. The third kappa shape index (κ3) is 5.25. The van der Waals surface area contributed by atoms with E-state index in [2.05, 4.69) is 13.8 Å². The minimum Gasteiger partial charge on any atom is -0.433 e. The predicted octanol–water partition coefficient (Wildman–Crippen LogP) is 3.66. The van der Waals surface area contributed by atoms with Crippen molar-refractivity contribution in [2.75, 3.05) is 0 Å². The van der Waals surface area contributed by atoms with E-state index in [0.29, 0.717) is 0 Å². The van der Waals surface area contributed by atoms with Crippen LogP contribution in [0, 0.1) is 0 Å². The summed E-state index contributed by atoms with van der Waals surface area (Å²) in [5.41, 5.74) is 0. The molecule has 0 aromatic rings. The Kier molecular flexibility index (Phi) is 4.66. The van der Waals surface area contributed by atoms with Gasteiger partial charge in [-0.3, -0.25) is 0 Å². The van der Waals surface area contributed by atoms with Crippen LogP contribution in [0.4, 0.5) is 0 Å². The lowest BCUT2D eigenvalue weighted by Crippen LogP contribution is -2.40. The molecule has 0 bridgehead atoms. The van der Waals surface area contributed by atoms with Crippen LogP contribution in [-0.2, 0) is 4.12 Å². The second-order valence-electron chi connectivity index (χ2n) is 3.06. The second kappa shape index (κ2) is 4.28. The Morgan fingerprint density at radius 3 is 1.55 bits per heavy atom. The number of rotatable bonds is 4. The fourth-order valence-electron chi connectivity index (χ4n) is 0.829. The molecule has 68 valence electrons. The topological polar surface area (TPSA) is 9.23 Å². The summed E-state index contributed by atoms with van der Waals surface area (Å²) in [5.74, 6) is 0. The molecular weight excluding hydrogens is 215 g/mol. The molecule has 0 spiro atoms. The highest BCUT2D eigenvalue weighted by atomic mass is 35.6. The first kappa shape index (κ1) is 12.0. The van der Waals surface area contributed by atoms with Crippen molar-refractivity contribution in [1.29, 1.82) is 0 Å². The highest BCUT2D eigenvalue weighted by Crippen LogP contribution is 2.27. The van der Waals surface area contributed by atoms with Crippen LogP contribution in [0.2, 0.25) is 25.2 Å². The summed E-state index contributed by atoms with van der Waals surface area (Å²) in [6, 6.07) is 1.88. The SMILES string of the molecule is CC[Si](Cl)(CC)O[Si](C)(C)Cl. The highest BCUT2D eigenvalue weighted by Gasteiger charge is 2.35. The molecule has 1 nitrogen and oxygen atoms in total. The van der Waals surface area contributed by atoms with Crippen molar-refractivity contribution in [3.63, 3.8) is 0 Å². The van der Waals surface area contributed by atoms with Crippen LogP contribution in [-0.4, -0.2) is 15.3 Å². The van der Waals surface area contributed by atoms with E-state index in [9.17, 15) is 0 Å². The second-order valence-corrected chi connectivity index (χ2v) is 14.6. The quantitative estimate of drug-likeness (QED) is 0.530. The van der Waals surface area contributed by atoms with Gasteiger partial charge < -0.3 is 4.12 Å². The van der Waals surface area contributed by atoms with Crippen LogP contribution >= 0.6 is 22.2 Å². The molecule has 11 heavy (non-hydrogen) atoms. The number of hydrogen-bond donors (Lipinski definition) is 0. The molecule has 0 aromatic carbocycles. The van der Waals surface area contributed by atoms with Crippen LogP contribution in [0.3, 0.4) is 0 Å². The van der Waals surface area contributed by atoms with Gasteiger partial charge in [-0.15, -0.1) is 22.2 Å². The molecule has 0 aliphatic rings. The van der Waals surface area contributed by atoms with Crippen molar-refractivity contribution < 1.29 is 4.12 Å². The average Bonchev–Trinajstić information content (AvgIpc) is 1.84. The van der Waals surface area contributed by atoms with E-state index in [1.54, 1.807) is 0 Å². The first-order valence-corrected chi connectivity index (χ1v) is 11.2. The molecule has 0 unspecified atom stereocenters. The Morgan fingerprint density at radius 1 is 1.09 bits per heavy atom. The number of hydrogen-bond acceptors (Lipinski definition) is 1. The first-order valence-electron chi connectivity index (χ1n) is 3.91. The van der Waals surface area contributed by atoms with Crippen molar-refractivity contribution in [1.82, 2.24) is 0 Å². The molecule has 5 heteroatoms. The smallest absolute Gasteiger partial charge is 0.280 e. The molecule has 0 heterocycles. The fraction of sp³-hybridized carbons (Fsp3) is 1.00. The summed E-state index contributed by atoms with van der Waals surface area (Å²) in [4.78, 5) is 0. The van der Waals surface area contributed by atoms with Crippen molar-refractivity contribution >= 4 is 37.4 Å². The van der Waals surface area contributed by atoms with Crippen molar-refractivity contribution in [2.45, 2.75) is 39.0 Å². The number of halogens is 2. The predicted molar refractivity (Wildman–Crippen MR) is 57.0 cm³/mol. The molecule has 0 radical (unpaired) electrons. The van der Waals surface area contributed by atoms with Gasteiger partial charge in [0.1, 0.15) is 0 Å². The third-order valence-corrected chi connectivity index (χ3v) is 9.99. The summed E-state index contributed by atoms with van der Waals surface area (Å²) in [6.07, 6.45) is 0. The molecule has 0 amide bonds. The molecule has 0 saturated carbocycles. The van der Waals surface area contributed by atoms with E-state index in [-0.39, 0.29) is 0 Å². The molecule has 0 fully saturated rings. The van der Waals surface area contributed by atoms with Gasteiger partial charge in [0.15, 0.2) is 0 Å². The van der Waals surface area contributed by atoms with E-state index in [1.165, 1.54) is 0 Å². The minimum absolute atomic E-state index is 0.939. The minimum atomic E-state index is -1.93. The normalized spacial score (nSPS) is 13.6. The Bertz CT molecular complexity index is 120. The van der Waals surface area contributed by atoms with Crippen molar-refractivity contribution in [3.05, 3.63) is 0 Å². The zero-order valence-electron chi connectivity index (χ0n) is 7.58. The van der Waals surface area contributed by atoms with Crippen molar-refractivity contribution in [2.24, 2.45) is 0 Å². The molecule has 0 atom stereocenters. The fourth-order valence-corrected chi connectivity index (χ4v) is 9.38. The van der Waals surface area contributed by atoms with E-state index < -0.39 is 15.3 Å². The maximum absolute atomic E-state index is 6.26. The van der Waals surface area contributed by atoms with Gasteiger partial charge in [-0.1, -0.05) is 13.8 Å². The van der Waals surface area contributed by atoms with Crippen molar-refractivity contribution in [3.8, 4) is 0 Å². The summed E-state index contributed by atoms with van der Waals surface area (Å²) >= 11 is 12.3. The molecule has 0 aromatic heterocycles. The molecule has 0 aliphatic carbocycles. The van der Waals surface area contributed by atoms with Gasteiger partial charge in [-0.05, 0) is 25.2 Å². The summed E-state index contributed by atoms with van der Waals surface area (Å²) in [6.45, 7) is 8.06. The maximum Gasteiger partial charge on any atom is 0.280 e. The summed E-state index contributed by atoms with van der Waals surface area (Å²) < 4.78 is 5.73. The van der Waals surface area contributed by atoms with Gasteiger partial charge in [0, 0.05) is 0 Å². The lowest BCUT2D eigenvalue weighted by molar-refractivity contribution is 0.572. The van der Waals surface area contributed by atoms with Crippen LogP contribution in [0.25, 0.3) is 0 Å². The molecular formula is C6H16Cl2OSi2. The van der Waals surface area contributed by atoms with Gasteiger partial charge in [-0.2, -0.15) is 0 Å². The van der Waals surface area contributed by atoms with Gasteiger partial charge in [0.25, 0.3) is 15.3 Å². The van der Waals surface area contributed by atoms with Gasteiger partial charge >= 0.3 is 0 Å². The monoisotopic (exact) mass is 230 g/mol. The van der Waals surface area contributed by atoms with Gasteiger partial charge in [0.2, 0.25) is 0 Å². The van der Waals surface area contributed by atoms with Crippen LogP contribution in [0.1, 0.15) is 13.8 Å². The zero-order chi connectivity index (χ0) is 9.12. The van der Waals surface area contributed by atoms with Crippen LogP contribution in [0.5, 0.6) is 0 Å². The maximum atomic E-state index is 6.26. The molecule has 0 N–H and O–H groups in total. The summed E-state index contributed by atoms with van der Waals surface area (Å²) in [5, 5.41) is 0. The Labute approximate surface area is 80.7 Å². The van der Waals surface area contributed by atoms with Gasteiger partial charge in [0.05, 0.1) is 0 Å². The Balaban J connectivity index is 4.08. The Morgan fingerprint density at radius 2 is 1.45 bits per heavy atom. The lowest BCUT2D eigenvalue weighted by Gasteiger charge is -2.28. The molecule has 0 aliphatic heterocycles. The Hall–Kier alpha value is 0.974. The molecule has 0 rings (SSSR count). The summed E-state index contributed by atoms with van der Waals surface area (Å²) in [7, 11) is -3.86. The lowest BCUT2D eigenvalue weighted by atomic mass is 11.0. The largest absolute Gasteiger partial charge is 0.433 e. The third-order valence-electron chi connectivity index (χ3n) is 1.48. The van der Waals surface area contributed by atoms with Crippen LogP contribution < -0.4 is 0 Å². The first-order chi connectivity index (χ1) is 4.83. The standard InChI is InChI=1S/C6H16Cl2OSi2/c1-5-11(8,6-2)9-10(3,4)7/h5-6H2,1-4H3.